The summed E-state index contributed by atoms with van der Waals surface area (Å²) in [4.78, 5) is 24.3. The molecule has 0 aromatic carbocycles. The summed E-state index contributed by atoms with van der Waals surface area (Å²) in [5.74, 6) is -0.678. The van der Waals surface area contributed by atoms with Crippen LogP contribution in [0.4, 0.5) is 0 Å². The van der Waals surface area contributed by atoms with Crippen molar-refractivity contribution in [2.24, 2.45) is 0 Å². The van der Waals surface area contributed by atoms with E-state index in [4.69, 9.17) is 9.47 Å². The molecule has 0 heterocycles. The number of esters is 2. The van der Waals surface area contributed by atoms with Crippen molar-refractivity contribution in [3.63, 3.8) is 0 Å². The maximum atomic E-state index is 12.2. The van der Waals surface area contributed by atoms with E-state index in [1.807, 2.05) is 18.2 Å². The zero-order valence-corrected chi connectivity index (χ0v) is 33.2. The quantitative estimate of drug-likeness (QED) is 0.0286. The largest absolute Gasteiger partial charge is 0.462 e. The van der Waals surface area contributed by atoms with Crippen LogP contribution in [0.15, 0.2) is 48.6 Å². The predicted molar refractivity (Wildman–Crippen MR) is 216 cm³/mol. The van der Waals surface area contributed by atoms with E-state index in [1.54, 1.807) is 0 Å². The standard InChI is InChI=1S/C45H80O6/c1-3-5-7-8-9-10-11-12-13-14-15-16-17-18-21-25-28-31-35-39-45(49)51-43(40-46)41-50-44(48)38-34-30-27-24-22-19-20-23-26-29-33-37-42(47)36-32-6-4-2/h19-20,24,26-27,29,33,37,42-43,46-47H,3-18,21-23,25,28,30-32,34-36,38-41H2,1-2H3/b20-19-,27-24-,29-26-,37-33+/t42-,43+/m1/s1. The molecular formula is C45H80O6. The fraction of sp³-hybridized carbons (Fsp3) is 0.778. The Morgan fingerprint density at radius 3 is 1.57 bits per heavy atom. The molecule has 0 bridgehead atoms. The molecule has 0 amide bonds. The van der Waals surface area contributed by atoms with Crippen LogP contribution in [0, 0.1) is 0 Å². The minimum atomic E-state index is -0.804. The number of hydrogen-bond donors (Lipinski definition) is 2. The van der Waals surface area contributed by atoms with Crippen molar-refractivity contribution in [2.75, 3.05) is 13.2 Å². The molecule has 51 heavy (non-hydrogen) atoms. The number of hydrogen-bond acceptors (Lipinski definition) is 6. The van der Waals surface area contributed by atoms with Gasteiger partial charge in [0.2, 0.25) is 0 Å². The molecule has 0 fully saturated rings. The molecule has 0 aromatic rings. The second kappa shape index (κ2) is 40.6. The summed E-state index contributed by atoms with van der Waals surface area (Å²) in [6, 6.07) is 0. The SMILES string of the molecule is CCCCCCCCCCCCCCCCCCCCCC(=O)O[C@@H](CO)COC(=O)CCC/C=C\C/C=C\C/C=C\C=C\[C@H](O)CCCCC. The number of carbonyl (C=O) groups is 2. The van der Waals surface area contributed by atoms with E-state index in [0.29, 0.717) is 12.8 Å². The van der Waals surface area contributed by atoms with Crippen molar-refractivity contribution in [3.8, 4) is 0 Å². The Kier molecular flexibility index (Phi) is 38.9. The summed E-state index contributed by atoms with van der Waals surface area (Å²) in [6.07, 6.45) is 47.9. The maximum Gasteiger partial charge on any atom is 0.306 e. The van der Waals surface area contributed by atoms with Gasteiger partial charge in [-0.15, -0.1) is 0 Å². The molecule has 2 atom stereocenters. The average Bonchev–Trinajstić information content (AvgIpc) is 3.13. The Morgan fingerprint density at radius 1 is 0.549 bits per heavy atom. The fourth-order valence-corrected chi connectivity index (χ4v) is 5.95. The van der Waals surface area contributed by atoms with Crippen LogP contribution in [0.3, 0.4) is 0 Å². The normalized spacial score (nSPS) is 13.3. The van der Waals surface area contributed by atoms with E-state index in [9.17, 15) is 19.8 Å². The Labute approximate surface area is 314 Å². The molecule has 0 aliphatic heterocycles. The third kappa shape index (κ3) is 38.9. The van der Waals surface area contributed by atoms with Gasteiger partial charge in [-0.3, -0.25) is 9.59 Å². The highest BCUT2D eigenvalue weighted by molar-refractivity contribution is 5.70. The van der Waals surface area contributed by atoms with Gasteiger partial charge in [-0.1, -0.05) is 197 Å². The summed E-state index contributed by atoms with van der Waals surface area (Å²) >= 11 is 0. The fourth-order valence-electron chi connectivity index (χ4n) is 5.95. The van der Waals surface area contributed by atoms with Crippen LogP contribution in [-0.4, -0.2) is 47.6 Å². The van der Waals surface area contributed by atoms with Crippen LogP contribution in [0.2, 0.25) is 0 Å². The maximum absolute atomic E-state index is 12.2. The van der Waals surface area contributed by atoms with E-state index < -0.39 is 6.10 Å². The van der Waals surface area contributed by atoms with Gasteiger partial charge in [-0.2, -0.15) is 0 Å². The summed E-state index contributed by atoms with van der Waals surface area (Å²) in [5, 5.41) is 19.4. The lowest BCUT2D eigenvalue weighted by Gasteiger charge is -2.15. The van der Waals surface area contributed by atoms with Crippen molar-refractivity contribution >= 4 is 11.9 Å². The number of aliphatic hydroxyl groups excluding tert-OH is 2. The first-order valence-electron chi connectivity index (χ1n) is 21.3. The monoisotopic (exact) mass is 717 g/mol. The smallest absolute Gasteiger partial charge is 0.306 e. The van der Waals surface area contributed by atoms with E-state index in [-0.39, 0.29) is 37.7 Å². The highest BCUT2D eigenvalue weighted by Crippen LogP contribution is 2.15. The van der Waals surface area contributed by atoms with Crippen LogP contribution in [0.25, 0.3) is 0 Å². The highest BCUT2D eigenvalue weighted by atomic mass is 16.6. The van der Waals surface area contributed by atoms with Crippen molar-refractivity contribution in [2.45, 2.75) is 212 Å². The van der Waals surface area contributed by atoms with Crippen molar-refractivity contribution in [3.05, 3.63) is 48.6 Å². The Bertz CT molecular complexity index is 876. The molecule has 296 valence electrons. The van der Waals surface area contributed by atoms with Crippen molar-refractivity contribution in [1.82, 2.24) is 0 Å². The van der Waals surface area contributed by atoms with E-state index in [0.717, 1.165) is 57.8 Å². The average molecular weight is 717 g/mol. The molecule has 0 saturated carbocycles. The van der Waals surface area contributed by atoms with Gasteiger partial charge < -0.3 is 19.7 Å². The van der Waals surface area contributed by atoms with Gasteiger partial charge in [-0.25, -0.2) is 0 Å². The summed E-state index contributed by atoms with van der Waals surface area (Å²) in [5.41, 5.74) is 0. The number of rotatable bonds is 38. The molecule has 6 heteroatoms. The van der Waals surface area contributed by atoms with E-state index in [1.165, 1.54) is 109 Å². The lowest BCUT2D eigenvalue weighted by atomic mass is 10.0. The molecular weight excluding hydrogens is 636 g/mol. The zero-order chi connectivity index (χ0) is 37.3. The molecule has 0 unspecified atom stereocenters. The second-order valence-corrected chi connectivity index (χ2v) is 14.3. The lowest BCUT2D eigenvalue weighted by molar-refractivity contribution is -0.161. The molecule has 0 rings (SSSR count). The number of carbonyl (C=O) groups excluding carboxylic acids is 2. The van der Waals surface area contributed by atoms with Crippen LogP contribution in [-0.2, 0) is 19.1 Å². The predicted octanol–water partition coefficient (Wildman–Crippen LogP) is 12.4. The number of ether oxygens (including phenoxy) is 2. The number of unbranched alkanes of at least 4 members (excludes halogenated alkanes) is 21. The van der Waals surface area contributed by atoms with E-state index in [2.05, 4.69) is 44.2 Å². The van der Waals surface area contributed by atoms with Crippen molar-refractivity contribution in [1.29, 1.82) is 0 Å². The van der Waals surface area contributed by atoms with Gasteiger partial charge in [0, 0.05) is 12.8 Å². The van der Waals surface area contributed by atoms with Crippen LogP contribution >= 0.6 is 0 Å². The molecule has 0 aliphatic rings. The third-order valence-corrected chi connectivity index (χ3v) is 9.23. The summed E-state index contributed by atoms with van der Waals surface area (Å²) in [7, 11) is 0. The van der Waals surface area contributed by atoms with Crippen molar-refractivity contribution < 1.29 is 29.3 Å². The molecule has 6 nitrogen and oxygen atoms in total. The third-order valence-electron chi connectivity index (χ3n) is 9.23. The summed E-state index contributed by atoms with van der Waals surface area (Å²) in [6.45, 7) is 3.98. The lowest BCUT2D eigenvalue weighted by Crippen LogP contribution is -2.28. The molecule has 0 aromatic heterocycles. The van der Waals surface area contributed by atoms with Gasteiger partial charge in [0.1, 0.15) is 6.61 Å². The first-order valence-corrected chi connectivity index (χ1v) is 21.3. The molecule has 0 spiro atoms. The minimum absolute atomic E-state index is 0.106. The van der Waals surface area contributed by atoms with Gasteiger partial charge in [0.15, 0.2) is 6.10 Å². The first kappa shape index (κ1) is 48.8. The number of allylic oxidation sites excluding steroid dienone is 7. The Hall–Kier alpha value is -2.18. The topological polar surface area (TPSA) is 93.1 Å². The molecule has 2 N–H and O–H groups in total. The van der Waals surface area contributed by atoms with Gasteiger partial charge in [-0.05, 0) is 38.5 Å². The van der Waals surface area contributed by atoms with Crippen LogP contribution in [0.5, 0.6) is 0 Å². The van der Waals surface area contributed by atoms with Crippen LogP contribution in [0.1, 0.15) is 200 Å². The Morgan fingerprint density at radius 2 is 1.02 bits per heavy atom. The second-order valence-electron chi connectivity index (χ2n) is 14.3. The minimum Gasteiger partial charge on any atom is -0.462 e. The van der Waals surface area contributed by atoms with Gasteiger partial charge in [0.25, 0.3) is 0 Å². The molecule has 0 saturated heterocycles. The molecule has 0 radical (unpaired) electrons. The van der Waals surface area contributed by atoms with Gasteiger partial charge in [0.05, 0.1) is 12.7 Å². The van der Waals surface area contributed by atoms with Crippen LogP contribution < -0.4 is 0 Å². The molecule has 0 aliphatic carbocycles. The van der Waals surface area contributed by atoms with Gasteiger partial charge >= 0.3 is 11.9 Å². The summed E-state index contributed by atoms with van der Waals surface area (Å²) < 4.78 is 10.6. The first-order chi connectivity index (χ1) is 25.0. The zero-order valence-electron chi connectivity index (χ0n) is 33.2. The van der Waals surface area contributed by atoms with E-state index >= 15 is 0 Å². The highest BCUT2D eigenvalue weighted by Gasteiger charge is 2.16. The Balaban J connectivity index is 3.64. The number of aliphatic hydroxyl groups is 2.